The van der Waals surface area contributed by atoms with Gasteiger partial charge in [-0.15, -0.1) is 0 Å². The van der Waals surface area contributed by atoms with Crippen LogP contribution in [0, 0.1) is 16.3 Å². The molecule has 2 aliphatic rings. The molecule has 31 heavy (non-hydrogen) atoms. The highest BCUT2D eigenvalue weighted by Gasteiger charge is 2.35. The molecule has 2 aliphatic heterocycles. The number of nitrogens with zero attached hydrogens (tertiary/aromatic N) is 2. The molecule has 0 saturated carbocycles. The summed E-state index contributed by atoms with van der Waals surface area (Å²) in [4.78, 5) is 47.7. The summed E-state index contributed by atoms with van der Waals surface area (Å²) in [6.07, 6.45) is 2.22. The van der Waals surface area contributed by atoms with Crippen LogP contribution >= 0.6 is 0 Å². The maximum atomic E-state index is 12.7. The molecule has 2 saturated heterocycles. The average molecular weight is 440 g/mol. The Hall–Kier alpha value is -2.54. The van der Waals surface area contributed by atoms with Crippen LogP contribution in [0.1, 0.15) is 33.1 Å². The molecular weight excluding hydrogens is 410 g/mol. The Morgan fingerprint density at radius 1 is 1.23 bits per heavy atom. The molecule has 2 unspecified atom stereocenters. The zero-order valence-electron chi connectivity index (χ0n) is 17.8. The summed E-state index contributed by atoms with van der Waals surface area (Å²) in [5, 5.41) is 41.9. The van der Waals surface area contributed by atoms with Crippen molar-refractivity contribution >= 4 is 23.7 Å². The minimum absolute atomic E-state index is 0.0106. The van der Waals surface area contributed by atoms with Gasteiger partial charge in [0.05, 0.1) is 19.2 Å². The second-order valence-corrected chi connectivity index (χ2v) is 8.18. The minimum Gasteiger partial charge on any atom is -0.785 e. The molecule has 0 bridgehead atoms. The smallest absolute Gasteiger partial charge is 0.390 e. The van der Waals surface area contributed by atoms with Gasteiger partial charge in [-0.1, -0.05) is 13.8 Å². The number of amides is 3. The lowest BCUT2D eigenvalue weighted by molar-refractivity contribution is -0.843. The van der Waals surface area contributed by atoms with E-state index in [9.17, 15) is 34.7 Å². The quantitative estimate of drug-likeness (QED) is 0.153. The molecule has 12 nitrogen and oxygen atoms in total. The summed E-state index contributed by atoms with van der Waals surface area (Å²) >= 11 is 0. The summed E-state index contributed by atoms with van der Waals surface area (Å²) < 4.78 is -1.23. The Bertz CT molecular complexity index is 731. The first-order valence-electron chi connectivity index (χ1n) is 10.4. The Balaban J connectivity index is 1.78. The summed E-state index contributed by atoms with van der Waals surface area (Å²) in [6, 6.07) is -1.16. The molecule has 2 fully saturated rings. The molecule has 12 heteroatoms. The van der Waals surface area contributed by atoms with Gasteiger partial charge in [0.2, 0.25) is 23.4 Å². The minimum atomic E-state index is -1.50. The van der Waals surface area contributed by atoms with E-state index >= 15 is 0 Å². The summed E-state index contributed by atoms with van der Waals surface area (Å²) in [6.45, 7) is 3.24. The molecule has 0 aliphatic carbocycles. The van der Waals surface area contributed by atoms with Crippen LogP contribution in [-0.2, 0) is 19.2 Å². The first kappa shape index (κ1) is 24.7. The van der Waals surface area contributed by atoms with Gasteiger partial charge in [0.15, 0.2) is 0 Å². The second-order valence-electron chi connectivity index (χ2n) is 8.18. The van der Waals surface area contributed by atoms with E-state index in [1.165, 1.54) is 0 Å². The normalized spacial score (nSPS) is 24.5. The van der Waals surface area contributed by atoms with Gasteiger partial charge in [-0.25, -0.2) is 4.79 Å². The lowest BCUT2D eigenvalue weighted by Crippen LogP contribution is -2.63. The Morgan fingerprint density at radius 3 is 2.45 bits per heavy atom. The molecule has 0 aromatic heterocycles. The van der Waals surface area contributed by atoms with E-state index in [2.05, 4.69) is 16.0 Å². The monoisotopic (exact) mass is 440 g/mol. The third kappa shape index (κ3) is 6.72. The number of aliphatic carboxylic acids is 1. The standard InChI is InChI=1S/C19H30N5O7/c1-12(2)16-18(27)21-13(17(26)22-16)5-3-4-6-20-15(25)11-14(19(28)29)24(31)9-7-23(30)8-10-24/h11-13,16H,3-10H2,1-2H3,(H,20,25)(H,21,27)(H,22,26)(H,28,29)/q-1/b14-11-. The Morgan fingerprint density at radius 2 is 1.87 bits per heavy atom. The largest absolute Gasteiger partial charge is 0.785 e. The molecule has 3 amide bonds. The van der Waals surface area contributed by atoms with Crippen molar-refractivity contribution < 1.29 is 28.9 Å². The molecule has 0 spiro atoms. The van der Waals surface area contributed by atoms with E-state index in [-0.39, 0.29) is 50.5 Å². The molecule has 0 aromatic carbocycles. The van der Waals surface area contributed by atoms with Crippen molar-refractivity contribution in [1.82, 2.24) is 21.0 Å². The lowest BCUT2D eigenvalue weighted by Gasteiger charge is -2.49. The predicted molar refractivity (Wildman–Crippen MR) is 110 cm³/mol. The van der Waals surface area contributed by atoms with E-state index in [1.54, 1.807) is 0 Å². The lowest BCUT2D eigenvalue weighted by atomic mass is 9.98. The van der Waals surface area contributed by atoms with Crippen molar-refractivity contribution in [1.29, 1.82) is 0 Å². The number of carboxylic acid groups (broad SMARTS) is 1. The predicted octanol–water partition coefficient (Wildman–Crippen LogP) is -0.991. The number of nitrogens with one attached hydrogen (secondary N) is 3. The number of carbonyl (C=O) groups is 4. The number of hydrogen-bond acceptors (Lipinski definition) is 7. The number of quaternary nitrogens is 1. The molecule has 174 valence electrons. The second kappa shape index (κ2) is 10.7. The van der Waals surface area contributed by atoms with Gasteiger partial charge >= 0.3 is 5.97 Å². The van der Waals surface area contributed by atoms with Gasteiger partial charge in [0, 0.05) is 19.6 Å². The fourth-order valence-corrected chi connectivity index (χ4v) is 3.54. The first-order chi connectivity index (χ1) is 14.5. The maximum Gasteiger partial charge on any atom is 0.390 e. The van der Waals surface area contributed by atoms with Crippen molar-refractivity contribution in [3.63, 3.8) is 0 Å². The van der Waals surface area contributed by atoms with Crippen LogP contribution in [0.25, 0.3) is 0 Å². The highest BCUT2D eigenvalue weighted by Crippen LogP contribution is 2.20. The molecule has 0 radical (unpaired) electrons. The van der Waals surface area contributed by atoms with Crippen molar-refractivity contribution in [2.24, 2.45) is 5.92 Å². The summed E-state index contributed by atoms with van der Waals surface area (Å²) in [5.74, 6) is -2.67. The Kier molecular flexibility index (Phi) is 8.51. The molecule has 2 heterocycles. The zero-order valence-corrected chi connectivity index (χ0v) is 17.8. The van der Waals surface area contributed by atoms with Crippen LogP contribution in [0.4, 0.5) is 0 Å². The molecule has 2 rings (SSSR count). The van der Waals surface area contributed by atoms with Gasteiger partial charge in [-0.3, -0.25) is 14.4 Å². The van der Waals surface area contributed by atoms with Gasteiger partial charge in [0.1, 0.15) is 12.1 Å². The molecule has 4 N–H and O–H groups in total. The highest BCUT2D eigenvalue weighted by molar-refractivity contribution is 5.97. The molecule has 2 atom stereocenters. The number of carboxylic acids is 1. The van der Waals surface area contributed by atoms with Crippen LogP contribution in [0.5, 0.6) is 0 Å². The molecular formula is C19H30N5O7-. The third-order valence-corrected chi connectivity index (χ3v) is 5.45. The fraction of sp³-hybridized carbons (Fsp3) is 0.684. The summed E-state index contributed by atoms with van der Waals surface area (Å²) in [7, 11) is 0. The van der Waals surface area contributed by atoms with E-state index in [0.29, 0.717) is 24.3 Å². The van der Waals surface area contributed by atoms with Gasteiger partial charge < -0.3 is 41.2 Å². The fourth-order valence-electron chi connectivity index (χ4n) is 3.54. The van der Waals surface area contributed by atoms with Crippen LogP contribution in [0.2, 0.25) is 0 Å². The Labute approximate surface area is 180 Å². The average Bonchev–Trinajstić information content (AvgIpc) is 2.70. The van der Waals surface area contributed by atoms with Crippen LogP contribution in [-0.4, -0.2) is 83.3 Å². The van der Waals surface area contributed by atoms with Crippen molar-refractivity contribution in [3.05, 3.63) is 22.2 Å². The number of hydrogen-bond donors (Lipinski definition) is 4. The van der Waals surface area contributed by atoms with Crippen LogP contribution in [0.3, 0.4) is 0 Å². The maximum absolute atomic E-state index is 12.7. The SMILES string of the molecule is CC(C)C1NC(=O)C(CCCCNC(=O)/C=C(/C(=O)O)[N+]2([O-])CCN([O-])CC2)NC1=O. The first-order valence-corrected chi connectivity index (χ1v) is 10.4. The highest BCUT2D eigenvalue weighted by atomic mass is 16.6. The number of unbranched alkanes of at least 4 members (excludes halogenated alkanes) is 1. The number of piperazine rings is 2. The number of hydroxylamine groups is 5. The van der Waals surface area contributed by atoms with E-state index in [1.807, 2.05) is 13.8 Å². The van der Waals surface area contributed by atoms with Crippen molar-refractivity contribution in [2.45, 2.75) is 45.2 Å². The molecule has 0 aromatic rings. The number of rotatable bonds is 9. The van der Waals surface area contributed by atoms with Gasteiger partial charge in [-0.05, 0) is 25.2 Å². The van der Waals surface area contributed by atoms with E-state index < -0.39 is 34.3 Å². The van der Waals surface area contributed by atoms with Crippen LogP contribution in [0.15, 0.2) is 11.8 Å². The van der Waals surface area contributed by atoms with Gasteiger partial charge in [0.25, 0.3) is 0 Å². The van der Waals surface area contributed by atoms with Crippen molar-refractivity contribution in [2.75, 3.05) is 32.7 Å². The van der Waals surface area contributed by atoms with E-state index in [4.69, 9.17) is 0 Å². The van der Waals surface area contributed by atoms with E-state index in [0.717, 1.165) is 6.08 Å². The third-order valence-electron chi connectivity index (χ3n) is 5.45. The topological polar surface area (TPSA) is 174 Å². The zero-order chi connectivity index (χ0) is 23.2. The van der Waals surface area contributed by atoms with Gasteiger partial charge in [-0.2, -0.15) is 0 Å². The van der Waals surface area contributed by atoms with Crippen molar-refractivity contribution in [3.8, 4) is 0 Å². The summed E-state index contributed by atoms with van der Waals surface area (Å²) in [5.41, 5.74) is -0.605. The number of carbonyl (C=O) groups excluding carboxylic acids is 3. The van der Waals surface area contributed by atoms with Crippen LogP contribution < -0.4 is 16.0 Å².